The second kappa shape index (κ2) is 26.3. The van der Waals surface area contributed by atoms with E-state index in [2.05, 4.69) is 77.7 Å². The van der Waals surface area contributed by atoms with Gasteiger partial charge in [0, 0.05) is 60.3 Å². The Balaban J connectivity index is 0.000000226. The third-order valence-corrected chi connectivity index (χ3v) is 16.8. The molecule has 4 aromatic rings. The van der Waals surface area contributed by atoms with Gasteiger partial charge in [0.25, 0.3) is 0 Å². The molecule has 6 heterocycles. The molecule has 0 spiro atoms. The van der Waals surface area contributed by atoms with Gasteiger partial charge in [0.05, 0.1) is 70.4 Å². The van der Waals surface area contributed by atoms with Crippen LogP contribution in [0.15, 0.2) is 58.3 Å². The Morgan fingerprint density at radius 3 is 1.53 bits per heavy atom. The Labute approximate surface area is 431 Å². The van der Waals surface area contributed by atoms with E-state index in [0.29, 0.717) is 40.4 Å². The number of aromatic nitrogens is 4. The SMILES string of the molecule is C.C.CI.Clc1ccc(C2CC[NH2+]CC2)cc1.O=S1CCc2nc(Cl)nc(NC3(CO)CCC3)c21.O=S1CCc2nc(N3CCC(c4ccc(Cl)cc4)CC3)nc(NC3(CO)CCC3)c21.[Cl-]. The number of anilines is 3. The fourth-order valence-corrected chi connectivity index (χ4v) is 12.2. The molecular weight excluding hydrogens is 1070 g/mol. The van der Waals surface area contributed by atoms with E-state index in [1.807, 2.05) is 29.2 Å². The number of hydrogen-bond donors (Lipinski definition) is 5. The van der Waals surface area contributed by atoms with Crippen LogP contribution in [0.25, 0.3) is 0 Å². The number of alkyl halides is 1. The maximum absolute atomic E-state index is 12.6. The van der Waals surface area contributed by atoms with Gasteiger partial charge in [0.15, 0.2) is 0 Å². The number of rotatable bonds is 9. The first kappa shape index (κ1) is 56.7. The number of nitrogens with two attached hydrogens (primary N) is 1. The zero-order valence-electron chi connectivity index (χ0n) is 36.1. The van der Waals surface area contributed by atoms with Crippen molar-refractivity contribution < 1.29 is 36.4 Å². The average Bonchev–Trinajstić information content (AvgIpc) is 3.86. The summed E-state index contributed by atoms with van der Waals surface area (Å²) in [6.45, 7) is 4.44. The molecule has 2 saturated heterocycles. The topological polar surface area (TPSA) is 170 Å². The quantitative estimate of drug-likeness (QED) is 0.0789. The zero-order valence-corrected chi connectivity index (χ0v) is 43.0. The maximum Gasteiger partial charge on any atom is 0.227 e. The van der Waals surface area contributed by atoms with E-state index in [9.17, 15) is 18.6 Å². The molecule has 66 heavy (non-hydrogen) atoms. The molecule has 6 N–H and O–H groups in total. The number of nitrogens with zero attached hydrogens (tertiary/aromatic N) is 5. The lowest BCUT2D eigenvalue weighted by molar-refractivity contribution is -0.663. The van der Waals surface area contributed by atoms with Crippen LogP contribution in [-0.2, 0) is 34.4 Å². The van der Waals surface area contributed by atoms with Gasteiger partial charge in [0.1, 0.15) is 21.4 Å². The van der Waals surface area contributed by atoms with Gasteiger partial charge in [-0.2, -0.15) is 9.97 Å². The number of aliphatic hydroxyl groups excluding tert-OH is 2. The summed E-state index contributed by atoms with van der Waals surface area (Å²) < 4.78 is 24.5. The van der Waals surface area contributed by atoms with Crippen molar-refractivity contribution in [2.24, 2.45) is 0 Å². The molecule has 6 aliphatic rings. The molecule has 2 saturated carbocycles. The Kier molecular flexibility index (Phi) is 22.6. The lowest BCUT2D eigenvalue weighted by Crippen LogP contribution is -3.00. The van der Waals surface area contributed by atoms with E-state index in [1.165, 1.54) is 37.1 Å². The highest BCUT2D eigenvalue weighted by Crippen LogP contribution is 2.40. The fourth-order valence-electron chi connectivity index (χ4n) is 9.16. The normalized spacial score (nSPS) is 21.0. The van der Waals surface area contributed by atoms with Gasteiger partial charge < -0.3 is 43.5 Å². The molecule has 2 aliphatic carbocycles. The average molecular weight is 1140 g/mol. The van der Waals surface area contributed by atoms with Crippen molar-refractivity contribution in [2.45, 2.75) is 125 Å². The minimum Gasteiger partial charge on any atom is -1.00 e. The Hall–Kier alpha value is -1.93. The Bertz CT molecular complexity index is 2200. The van der Waals surface area contributed by atoms with Crippen molar-refractivity contribution >= 4 is 96.6 Å². The van der Waals surface area contributed by atoms with Gasteiger partial charge in [-0.05, 0) is 115 Å². The molecule has 2 unspecified atom stereocenters. The molecule has 0 amide bonds. The summed E-state index contributed by atoms with van der Waals surface area (Å²) in [5, 5.41) is 30.2. The minimum atomic E-state index is -1.07. The second-order valence-electron chi connectivity index (χ2n) is 17.2. The van der Waals surface area contributed by atoms with Gasteiger partial charge in [-0.15, -0.1) is 0 Å². The number of hydrogen-bond acceptors (Lipinski definition) is 11. The molecule has 12 nitrogen and oxygen atoms in total. The highest BCUT2D eigenvalue weighted by Gasteiger charge is 2.40. The van der Waals surface area contributed by atoms with Crippen molar-refractivity contribution in [3.8, 4) is 0 Å². The summed E-state index contributed by atoms with van der Waals surface area (Å²) in [5.74, 6) is 4.39. The molecule has 366 valence electrons. The molecule has 2 aromatic heterocycles. The Morgan fingerprint density at radius 1 is 0.682 bits per heavy atom. The lowest BCUT2D eigenvalue weighted by Gasteiger charge is -2.42. The highest BCUT2D eigenvalue weighted by molar-refractivity contribution is 14.1. The van der Waals surface area contributed by atoms with E-state index >= 15 is 0 Å². The van der Waals surface area contributed by atoms with Crippen molar-refractivity contribution in [3.05, 3.63) is 86.4 Å². The van der Waals surface area contributed by atoms with E-state index in [-0.39, 0.29) is 56.8 Å². The van der Waals surface area contributed by atoms with Crippen molar-refractivity contribution in [1.82, 2.24) is 19.9 Å². The summed E-state index contributed by atoms with van der Waals surface area (Å²) in [6, 6.07) is 16.5. The molecule has 4 fully saturated rings. The van der Waals surface area contributed by atoms with Gasteiger partial charge in [-0.1, -0.05) is 84.9 Å². The number of benzene rings is 2. The van der Waals surface area contributed by atoms with Crippen molar-refractivity contribution in [1.29, 1.82) is 0 Å². The summed E-state index contributed by atoms with van der Waals surface area (Å²) in [7, 11) is -2.13. The minimum absolute atomic E-state index is 0. The summed E-state index contributed by atoms with van der Waals surface area (Å²) in [6.07, 6.45) is 11.9. The largest absolute Gasteiger partial charge is 1.00 e. The molecule has 0 radical (unpaired) electrons. The van der Waals surface area contributed by atoms with Gasteiger partial charge in [0.2, 0.25) is 11.2 Å². The molecule has 2 atom stereocenters. The van der Waals surface area contributed by atoms with Gasteiger partial charge in [-0.3, -0.25) is 8.42 Å². The van der Waals surface area contributed by atoms with Crippen molar-refractivity contribution in [2.75, 3.05) is 71.4 Å². The van der Waals surface area contributed by atoms with Gasteiger partial charge >= 0.3 is 0 Å². The first-order valence-corrected chi connectivity index (χ1v) is 28.0. The molecule has 19 heteroatoms. The second-order valence-corrected chi connectivity index (χ2v) is 21.4. The van der Waals surface area contributed by atoms with Crippen LogP contribution in [0, 0.1) is 0 Å². The number of quaternary nitrogens is 1. The van der Waals surface area contributed by atoms with Crippen LogP contribution in [0.3, 0.4) is 0 Å². The maximum atomic E-state index is 12.6. The lowest BCUT2D eigenvalue weighted by atomic mass is 9.77. The number of aryl methyl sites for hydroxylation is 2. The van der Waals surface area contributed by atoms with Crippen LogP contribution in [0.5, 0.6) is 0 Å². The molecular formula is C47H67Cl4IN8O4S2. The van der Waals surface area contributed by atoms with E-state index in [4.69, 9.17) is 44.8 Å². The predicted molar refractivity (Wildman–Crippen MR) is 278 cm³/mol. The smallest absolute Gasteiger partial charge is 0.227 e. The first-order chi connectivity index (χ1) is 30.6. The Morgan fingerprint density at radius 2 is 1.11 bits per heavy atom. The van der Waals surface area contributed by atoms with Crippen molar-refractivity contribution in [3.63, 3.8) is 0 Å². The molecule has 0 bridgehead atoms. The van der Waals surface area contributed by atoms with E-state index in [1.54, 1.807) is 0 Å². The number of fused-ring (bicyclic) bond motifs is 2. The number of piperidine rings is 2. The molecule has 4 aliphatic heterocycles. The summed E-state index contributed by atoms with van der Waals surface area (Å²) in [5.41, 5.74) is 3.81. The zero-order chi connectivity index (χ0) is 44.6. The summed E-state index contributed by atoms with van der Waals surface area (Å²) in [4.78, 5) is 23.5. The van der Waals surface area contributed by atoms with Crippen LogP contribution in [0.2, 0.25) is 15.3 Å². The first-order valence-electron chi connectivity index (χ1n) is 22.0. The third kappa shape index (κ3) is 13.7. The van der Waals surface area contributed by atoms with Crippen LogP contribution in [0.1, 0.15) is 113 Å². The number of nitrogens with one attached hydrogen (secondary N) is 2. The fraction of sp³-hybridized carbons (Fsp3) is 0.574. The third-order valence-electron chi connectivity index (χ3n) is 13.2. The van der Waals surface area contributed by atoms with E-state index in [0.717, 1.165) is 109 Å². The highest BCUT2D eigenvalue weighted by atomic mass is 127. The number of aliphatic hydroxyl groups is 2. The van der Waals surface area contributed by atoms with Crippen LogP contribution >= 0.6 is 57.4 Å². The van der Waals surface area contributed by atoms with Gasteiger partial charge in [-0.25, -0.2) is 9.97 Å². The summed E-state index contributed by atoms with van der Waals surface area (Å²) >= 11 is 19.9. The number of halogens is 5. The van der Waals surface area contributed by atoms with Crippen LogP contribution in [0.4, 0.5) is 17.6 Å². The van der Waals surface area contributed by atoms with Crippen LogP contribution in [-0.4, -0.2) is 105 Å². The standard InChI is InChI=1S/C22H27ClN4O2S.C11H14ClN3O2S.C11H14ClN.CH3I.2CH4.ClH/c23-17-4-2-15(3-5-17)16-6-11-27(12-7-16)21-24-18-8-13-30(29)19(18)20(25-21)26-22(14-28)9-1-10-22;12-10-13-7-2-5-18(17)8(7)9(14-10)15-11(6-16)3-1-4-11;12-11-3-1-9(2-4-11)10-5-7-13-8-6-10;1-2;;;/h2-5,16,28H,1,6-14H2,(H,24,25,26);16H,1-6H2,(H,13,14,15);1-4,10,13H,5-8H2;1H3;2*1H4;1H. The van der Waals surface area contributed by atoms with E-state index < -0.39 is 21.6 Å². The van der Waals surface area contributed by atoms with Crippen LogP contribution < -0.4 is 33.3 Å². The molecule has 10 rings (SSSR count). The monoisotopic (exact) mass is 1140 g/mol. The molecule has 2 aromatic carbocycles. The predicted octanol–water partition coefficient (Wildman–Crippen LogP) is 5.73.